The number of nitrogens with zero attached hydrogens (tertiary/aromatic N) is 1. The van der Waals surface area contributed by atoms with Gasteiger partial charge in [0.2, 0.25) is 0 Å². The van der Waals surface area contributed by atoms with Crippen molar-refractivity contribution >= 4 is 0 Å². The standard InChI is InChI=1S/C17H22N2O/c1-12(2)16-6-5-15(9-13(16)3)20-17-11-19-8-7-14(17)10-18-4/h5-9,11-12,18H,10H2,1-4H3. The summed E-state index contributed by atoms with van der Waals surface area (Å²) in [4.78, 5) is 4.14. The van der Waals surface area contributed by atoms with Gasteiger partial charge < -0.3 is 10.1 Å². The SMILES string of the molecule is CNCc1ccncc1Oc1ccc(C(C)C)c(C)c1. The first-order chi connectivity index (χ1) is 9.61. The van der Waals surface area contributed by atoms with Crippen LogP contribution in [0.5, 0.6) is 11.5 Å². The smallest absolute Gasteiger partial charge is 0.150 e. The summed E-state index contributed by atoms with van der Waals surface area (Å²) in [7, 11) is 1.92. The Labute approximate surface area is 121 Å². The van der Waals surface area contributed by atoms with E-state index in [0.29, 0.717) is 5.92 Å². The molecule has 1 heterocycles. The van der Waals surface area contributed by atoms with Gasteiger partial charge in [-0.25, -0.2) is 0 Å². The number of hydrogen-bond acceptors (Lipinski definition) is 3. The molecule has 20 heavy (non-hydrogen) atoms. The second-order valence-corrected chi connectivity index (χ2v) is 5.29. The van der Waals surface area contributed by atoms with Crippen LogP contribution in [-0.2, 0) is 6.54 Å². The molecule has 0 spiro atoms. The number of pyridine rings is 1. The van der Waals surface area contributed by atoms with Crippen LogP contribution in [0.25, 0.3) is 0 Å². The van der Waals surface area contributed by atoms with Gasteiger partial charge in [-0.3, -0.25) is 4.98 Å². The van der Waals surface area contributed by atoms with Crippen molar-refractivity contribution in [3.8, 4) is 11.5 Å². The third kappa shape index (κ3) is 3.36. The number of ether oxygens (including phenoxy) is 1. The Bertz CT molecular complexity index is 579. The highest BCUT2D eigenvalue weighted by Crippen LogP contribution is 2.28. The van der Waals surface area contributed by atoms with Crippen LogP contribution >= 0.6 is 0 Å². The van der Waals surface area contributed by atoms with E-state index in [1.807, 2.05) is 19.2 Å². The minimum Gasteiger partial charge on any atom is -0.455 e. The van der Waals surface area contributed by atoms with Gasteiger partial charge in [0.15, 0.2) is 0 Å². The Morgan fingerprint density at radius 2 is 2.05 bits per heavy atom. The van der Waals surface area contributed by atoms with Crippen LogP contribution in [0.2, 0.25) is 0 Å². The molecular weight excluding hydrogens is 248 g/mol. The molecule has 0 unspecified atom stereocenters. The van der Waals surface area contributed by atoms with Crippen molar-refractivity contribution in [3.63, 3.8) is 0 Å². The third-order valence-corrected chi connectivity index (χ3v) is 3.33. The normalized spacial score (nSPS) is 10.8. The van der Waals surface area contributed by atoms with Gasteiger partial charge in [-0.05, 0) is 49.2 Å². The Morgan fingerprint density at radius 3 is 2.70 bits per heavy atom. The van der Waals surface area contributed by atoms with Crippen LogP contribution in [0.1, 0.15) is 36.5 Å². The summed E-state index contributed by atoms with van der Waals surface area (Å²) in [6, 6.07) is 8.23. The summed E-state index contributed by atoms with van der Waals surface area (Å²) in [6.45, 7) is 7.30. The molecule has 3 heteroatoms. The first kappa shape index (κ1) is 14.5. The monoisotopic (exact) mass is 270 g/mol. The van der Waals surface area contributed by atoms with E-state index in [1.54, 1.807) is 12.4 Å². The van der Waals surface area contributed by atoms with E-state index in [2.05, 4.69) is 43.2 Å². The van der Waals surface area contributed by atoms with E-state index in [9.17, 15) is 0 Å². The summed E-state index contributed by atoms with van der Waals surface area (Å²) in [5.41, 5.74) is 3.73. The molecule has 2 aromatic rings. The fraction of sp³-hybridized carbons (Fsp3) is 0.353. The molecular formula is C17H22N2O. The fourth-order valence-corrected chi connectivity index (χ4v) is 2.32. The predicted molar refractivity (Wildman–Crippen MR) is 82.3 cm³/mol. The molecule has 3 nitrogen and oxygen atoms in total. The number of aromatic nitrogens is 1. The molecule has 0 saturated carbocycles. The molecule has 1 aromatic heterocycles. The maximum Gasteiger partial charge on any atom is 0.150 e. The van der Waals surface area contributed by atoms with Crippen molar-refractivity contribution in [1.29, 1.82) is 0 Å². The largest absolute Gasteiger partial charge is 0.455 e. The number of nitrogens with one attached hydrogen (secondary N) is 1. The second-order valence-electron chi connectivity index (χ2n) is 5.29. The van der Waals surface area contributed by atoms with Gasteiger partial charge >= 0.3 is 0 Å². The molecule has 1 N–H and O–H groups in total. The van der Waals surface area contributed by atoms with Gasteiger partial charge in [0, 0.05) is 18.3 Å². The molecule has 0 bridgehead atoms. The van der Waals surface area contributed by atoms with Crippen LogP contribution in [-0.4, -0.2) is 12.0 Å². The van der Waals surface area contributed by atoms with Crippen LogP contribution in [0, 0.1) is 6.92 Å². The molecule has 106 valence electrons. The highest BCUT2D eigenvalue weighted by molar-refractivity contribution is 5.40. The summed E-state index contributed by atoms with van der Waals surface area (Å²) >= 11 is 0. The van der Waals surface area contributed by atoms with Crippen molar-refractivity contribution < 1.29 is 4.74 Å². The lowest BCUT2D eigenvalue weighted by molar-refractivity contribution is 0.471. The van der Waals surface area contributed by atoms with E-state index in [4.69, 9.17) is 4.74 Å². The summed E-state index contributed by atoms with van der Waals surface area (Å²) in [6.07, 6.45) is 3.55. The average molecular weight is 270 g/mol. The van der Waals surface area contributed by atoms with E-state index >= 15 is 0 Å². The molecule has 0 radical (unpaired) electrons. The maximum atomic E-state index is 5.98. The van der Waals surface area contributed by atoms with E-state index in [0.717, 1.165) is 23.6 Å². The molecule has 0 atom stereocenters. The Kier molecular flexibility index (Phi) is 4.74. The lowest BCUT2D eigenvalue weighted by Crippen LogP contribution is -2.06. The summed E-state index contributed by atoms with van der Waals surface area (Å²) in [5.74, 6) is 2.19. The van der Waals surface area contributed by atoms with Crippen molar-refractivity contribution in [2.75, 3.05) is 7.05 Å². The first-order valence-electron chi connectivity index (χ1n) is 6.97. The molecule has 0 saturated heterocycles. The minimum atomic E-state index is 0.530. The predicted octanol–water partition coefficient (Wildman–Crippen LogP) is 4.03. The fourth-order valence-electron chi connectivity index (χ4n) is 2.32. The summed E-state index contributed by atoms with van der Waals surface area (Å²) < 4.78 is 5.98. The molecule has 0 aliphatic rings. The topological polar surface area (TPSA) is 34.2 Å². The Morgan fingerprint density at radius 1 is 1.25 bits per heavy atom. The average Bonchev–Trinajstić information content (AvgIpc) is 2.41. The first-order valence-corrected chi connectivity index (χ1v) is 6.97. The number of rotatable bonds is 5. The molecule has 0 aliphatic heterocycles. The van der Waals surface area contributed by atoms with Gasteiger partial charge in [0.1, 0.15) is 11.5 Å². The van der Waals surface area contributed by atoms with E-state index in [1.165, 1.54) is 11.1 Å². The summed E-state index contributed by atoms with van der Waals surface area (Å²) in [5, 5.41) is 3.14. The highest BCUT2D eigenvalue weighted by Gasteiger charge is 2.07. The Hall–Kier alpha value is -1.87. The molecule has 0 fully saturated rings. The maximum absolute atomic E-state index is 5.98. The van der Waals surface area contributed by atoms with E-state index < -0.39 is 0 Å². The van der Waals surface area contributed by atoms with Crippen LogP contribution < -0.4 is 10.1 Å². The van der Waals surface area contributed by atoms with Gasteiger partial charge in [0.25, 0.3) is 0 Å². The molecule has 2 rings (SSSR count). The zero-order valence-corrected chi connectivity index (χ0v) is 12.6. The van der Waals surface area contributed by atoms with Gasteiger partial charge in [0.05, 0.1) is 6.20 Å². The Balaban J connectivity index is 2.24. The van der Waals surface area contributed by atoms with Gasteiger partial charge in [-0.15, -0.1) is 0 Å². The zero-order valence-electron chi connectivity index (χ0n) is 12.6. The third-order valence-electron chi connectivity index (χ3n) is 3.33. The van der Waals surface area contributed by atoms with Crippen molar-refractivity contribution in [1.82, 2.24) is 10.3 Å². The molecule has 0 aliphatic carbocycles. The molecule has 0 amide bonds. The van der Waals surface area contributed by atoms with E-state index in [-0.39, 0.29) is 0 Å². The number of benzene rings is 1. The quantitative estimate of drug-likeness (QED) is 0.891. The van der Waals surface area contributed by atoms with Crippen molar-refractivity contribution in [2.24, 2.45) is 0 Å². The lowest BCUT2D eigenvalue weighted by atomic mass is 9.98. The number of aryl methyl sites for hydroxylation is 1. The van der Waals surface area contributed by atoms with Gasteiger partial charge in [-0.2, -0.15) is 0 Å². The van der Waals surface area contributed by atoms with Crippen LogP contribution in [0.4, 0.5) is 0 Å². The van der Waals surface area contributed by atoms with Crippen LogP contribution in [0.15, 0.2) is 36.7 Å². The molecule has 1 aromatic carbocycles. The zero-order chi connectivity index (χ0) is 14.5. The van der Waals surface area contributed by atoms with Crippen molar-refractivity contribution in [2.45, 2.75) is 33.2 Å². The number of hydrogen-bond donors (Lipinski definition) is 1. The second kappa shape index (κ2) is 6.53. The van der Waals surface area contributed by atoms with Gasteiger partial charge in [-0.1, -0.05) is 19.9 Å². The lowest BCUT2D eigenvalue weighted by Gasteiger charge is -2.14. The highest BCUT2D eigenvalue weighted by atomic mass is 16.5. The van der Waals surface area contributed by atoms with Crippen LogP contribution in [0.3, 0.4) is 0 Å². The van der Waals surface area contributed by atoms with Crippen molar-refractivity contribution in [3.05, 3.63) is 53.3 Å². The minimum absolute atomic E-state index is 0.530.